The maximum absolute atomic E-state index is 11.8. The van der Waals surface area contributed by atoms with Crippen LogP contribution >= 0.6 is 0 Å². The van der Waals surface area contributed by atoms with E-state index < -0.39 is 0 Å². The summed E-state index contributed by atoms with van der Waals surface area (Å²) in [6.07, 6.45) is 2.02. The van der Waals surface area contributed by atoms with E-state index in [0.717, 1.165) is 45.6 Å². The predicted molar refractivity (Wildman–Crippen MR) is 92.0 cm³/mol. The molecule has 2 heterocycles. The second-order valence-corrected chi connectivity index (χ2v) is 6.44. The minimum absolute atomic E-state index is 0.175. The number of piperazine rings is 1. The summed E-state index contributed by atoms with van der Waals surface area (Å²) < 4.78 is 5.08. The Kier molecular flexibility index (Phi) is 5.06. The molecule has 5 nitrogen and oxygen atoms in total. The summed E-state index contributed by atoms with van der Waals surface area (Å²) in [5.74, 6) is 0. The van der Waals surface area contributed by atoms with Crippen molar-refractivity contribution in [3.8, 4) is 0 Å². The Hall–Kier alpha value is -1.75. The number of hydrogen-bond acceptors (Lipinski definition) is 4. The first-order valence-corrected chi connectivity index (χ1v) is 8.69. The number of amides is 1. The third kappa shape index (κ3) is 3.78. The van der Waals surface area contributed by atoms with Gasteiger partial charge >= 0.3 is 6.09 Å². The van der Waals surface area contributed by atoms with Crippen LogP contribution in [0.5, 0.6) is 0 Å². The molecule has 1 N–H and O–H groups in total. The van der Waals surface area contributed by atoms with Crippen LogP contribution in [0, 0.1) is 0 Å². The fraction of sp³-hybridized carbons (Fsp3) is 0.611. The standard InChI is InChI=1S/C18H27N3O2/c1-3-23-18(22)21-10-8-20(9-11-21)14(2)12-15-4-5-17-16(13-15)6-7-19-17/h4-5,13-14,19H,3,6-12H2,1-2H3. The van der Waals surface area contributed by atoms with Crippen molar-refractivity contribution in [3.05, 3.63) is 29.3 Å². The average Bonchev–Trinajstić information content (AvgIpc) is 3.03. The van der Waals surface area contributed by atoms with Crippen LogP contribution < -0.4 is 5.32 Å². The van der Waals surface area contributed by atoms with E-state index in [0.29, 0.717) is 12.6 Å². The summed E-state index contributed by atoms with van der Waals surface area (Å²) in [4.78, 5) is 16.0. The third-order valence-corrected chi connectivity index (χ3v) is 4.87. The number of anilines is 1. The highest BCUT2D eigenvalue weighted by Crippen LogP contribution is 2.24. The number of nitrogens with one attached hydrogen (secondary N) is 1. The lowest BCUT2D eigenvalue weighted by molar-refractivity contribution is 0.0687. The molecular weight excluding hydrogens is 290 g/mol. The van der Waals surface area contributed by atoms with Gasteiger partial charge in [-0.1, -0.05) is 12.1 Å². The number of carbonyl (C=O) groups is 1. The molecule has 126 valence electrons. The van der Waals surface area contributed by atoms with E-state index in [1.165, 1.54) is 16.8 Å². The van der Waals surface area contributed by atoms with Crippen LogP contribution in [0.2, 0.25) is 0 Å². The van der Waals surface area contributed by atoms with Gasteiger partial charge in [0.15, 0.2) is 0 Å². The molecule has 0 aromatic heterocycles. The van der Waals surface area contributed by atoms with Gasteiger partial charge in [0.2, 0.25) is 0 Å². The highest BCUT2D eigenvalue weighted by atomic mass is 16.6. The number of benzene rings is 1. The molecule has 0 spiro atoms. The van der Waals surface area contributed by atoms with E-state index in [4.69, 9.17) is 4.74 Å². The van der Waals surface area contributed by atoms with Crippen molar-refractivity contribution in [2.45, 2.75) is 32.7 Å². The van der Waals surface area contributed by atoms with Crippen molar-refractivity contribution in [2.24, 2.45) is 0 Å². The molecule has 1 fully saturated rings. The zero-order chi connectivity index (χ0) is 16.2. The molecule has 0 aliphatic carbocycles. The first-order valence-electron chi connectivity index (χ1n) is 8.69. The molecule has 0 radical (unpaired) electrons. The summed E-state index contributed by atoms with van der Waals surface area (Å²) in [5, 5.41) is 3.41. The Morgan fingerprint density at radius 1 is 1.30 bits per heavy atom. The van der Waals surface area contributed by atoms with E-state index in [-0.39, 0.29) is 6.09 Å². The van der Waals surface area contributed by atoms with Gasteiger partial charge in [0, 0.05) is 44.5 Å². The van der Waals surface area contributed by atoms with Crippen LogP contribution in [-0.2, 0) is 17.6 Å². The van der Waals surface area contributed by atoms with Crippen molar-refractivity contribution >= 4 is 11.8 Å². The lowest BCUT2D eigenvalue weighted by atomic mass is 10.0. The minimum Gasteiger partial charge on any atom is -0.450 e. The SMILES string of the molecule is CCOC(=O)N1CCN(C(C)Cc2ccc3c(c2)CCN3)CC1. The maximum atomic E-state index is 11.8. The van der Waals surface area contributed by atoms with Crippen molar-refractivity contribution in [1.29, 1.82) is 0 Å². The molecule has 0 bridgehead atoms. The van der Waals surface area contributed by atoms with Crippen LogP contribution in [0.25, 0.3) is 0 Å². The third-order valence-electron chi connectivity index (χ3n) is 4.87. The predicted octanol–water partition coefficient (Wildman–Crippen LogP) is 2.36. The minimum atomic E-state index is -0.175. The fourth-order valence-corrected chi connectivity index (χ4v) is 3.52. The van der Waals surface area contributed by atoms with Crippen molar-refractivity contribution in [1.82, 2.24) is 9.80 Å². The Labute approximate surface area is 138 Å². The van der Waals surface area contributed by atoms with Gasteiger partial charge < -0.3 is 15.0 Å². The summed E-state index contributed by atoms with van der Waals surface area (Å²) in [7, 11) is 0. The van der Waals surface area contributed by atoms with Gasteiger partial charge in [0.25, 0.3) is 0 Å². The Balaban J connectivity index is 1.51. The van der Waals surface area contributed by atoms with E-state index in [2.05, 4.69) is 35.3 Å². The van der Waals surface area contributed by atoms with E-state index >= 15 is 0 Å². The van der Waals surface area contributed by atoms with Crippen molar-refractivity contribution < 1.29 is 9.53 Å². The molecule has 1 saturated heterocycles. The van der Waals surface area contributed by atoms with Crippen molar-refractivity contribution in [3.63, 3.8) is 0 Å². The van der Waals surface area contributed by atoms with Gasteiger partial charge in [-0.3, -0.25) is 4.90 Å². The molecular formula is C18H27N3O2. The van der Waals surface area contributed by atoms with Crippen LogP contribution in [0.4, 0.5) is 10.5 Å². The summed E-state index contributed by atoms with van der Waals surface area (Å²) in [6.45, 7) is 9.01. The molecule has 1 aromatic carbocycles. The number of hydrogen-bond donors (Lipinski definition) is 1. The summed E-state index contributed by atoms with van der Waals surface area (Å²) >= 11 is 0. The van der Waals surface area contributed by atoms with Crippen LogP contribution in [0.15, 0.2) is 18.2 Å². The van der Waals surface area contributed by atoms with Crippen LogP contribution in [0.3, 0.4) is 0 Å². The van der Waals surface area contributed by atoms with Crippen LogP contribution in [-0.4, -0.2) is 61.3 Å². The Morgan fingerprint density at radius 2 is 2.09 bits per heavy atom. The van der Waals surface area contributed by atoms with Gasteiger partial charge in [-0.15, -0.1) is 0 Å². The van der Waals surface area contributed by atoms with Crippen LogP contribution in [0.1, 0.15) is 25.0 Å². The molecule has 1 amide bonds. The monoisotopic (exact) mass is 317 g/mol. The molecule has 1 aromatic rings. The largest absolute Gasteiger partial charge is 0.450 e. The van der Waals surface area contributed by atoms with E-state index in [9.17, 15) is 4.79 Å². The molecule has 0 saturated carbocycles. The van der Waals surface area contributed by atoms with Gasteiger partial charge in [-0.05, 0) is 43.9 Å². The van der Waals surface area contributed by atoms with Gasteiger partial charge in [-0.2, -0.15) is 0 Å². The Morgan fingerprint density at radius 3 is 2.83 bits per heavy atom. The molecule has 23 heavy (non-hydrogen) atoms. The number of fused-ring (bicyclic) bond motifs is 1. The molecule has 1 atom stereocenters. The molecule has 2 aliphatic rings. The first kappa shape index (κ1) is 16.1. The topological polar surface area (TPSA) is 44.8 Å². The lowest BCUT2D eigenvalue weighted by Crippen LogP contribution is -2.51. The number of carbonyl (C=O) groups excluding carboxylic acids is 1. The average molecular weight is 317 g/mol. The number of ether oxygens (including phenoxy) is 1. The molecule has 2 aliphatic heterocycles. The lowest BCUT2D eigenvalue weighted by Gasteiger charge is -2.37. The summed E-state index contributed by atoms with van der Waals surface area (Å²) in [5.41, 5.74) is 4.15. The quantitative estimate of drug-likeness (QED) is 0.926. The zero-order valence-electron chi connectivity index (χ0n) is 14.2. The molecule has 5 heteroatoms. The second-order valence-electron chi connectivity index (χ2n) is 6.44. The smallest absolute Gasteiger partial charge is 0.409 e. The highest BCUT2D eigenvalue weighted by Gasteiger charge is 2.25. The first-order chi connectivity index (χ1) is 11.2. The highest BCUT2D eigenvalue weighted by molar-refractivity contribution is 5.67. The molecule has 3 rings (SSSR count). The van der Waals surface area contributed by atoms with Crippen molar-refractivity contribution in [2.75, 3.05) is 44.6 Å². The van der Waals surface area contributed by atoms with E-state index in [1.807, 2.05) is 11.8 Å². The maximum Gasteiger partial charge on any atom is 0.409 e. The van der Waals surface area contributed by atoms with Gasteiger partial charge in [0.1, 0.15) is 0 Å². The van der Waals surface area contributed by atoms with Gasteiger partial charge in [0.05, 0.1) is 6.61 Å². The normalized spacial score (nSPS) is 19.1. The summed E-state index contributed by atoms with van der Waals surface area (Å²) in [6, 6.07) is 7.29. The molecule has 1 unspecified atom stereocenters. The number of rotatable bonds is 4. The fourth-order valence-electron chi connectivity index (χ4n) is 3.52. The zero-order valence-corrected chi connectivity index (χ0v) is 14.2. The van der Waals surface area contributed by atoms with Gasteiger partial charge in [-0.25, -0.2) is 4.79 Å². The second kappa shape index (κ2) is 7.21. The Bertz CT molecular complexity index is 553. The number of nitrogens with zero attached hydrogens (tertiary/aromatic N) is 2. The van der Waals surface area contributed by atoms with E-state index in [1.54, 1.807) is 0 Å².